The SMILES string of the molecule is CCOc1cc(C(F)(F)F)nn1-c1ccc(CNc2nc(Cl)ncc2[N+](=O)[O-])cc1. The second-order valence-electron chi connectivity index (χ2n) is 5.86. The average Bonchev–Trinajstić information content (AvgIpc) is 3.11. The first-order chi connectivity index (χ1) is 14.2. The summed E-state index contributed by atoms with van der Waals surface area (Å²) in [5.41, 5.74) is -0.365. The van der Waals surface area contributed by atoms with Gasteiger partial charge in [-0.25, -0.2) is 9.67 Å². The number of nitrogens with zero attached hydrogens (tertiary/aromatic N) is 5. The third-order valence-corrected chi connectivity index (χ3v) is 4.02. The average molecular weight is 443 g/mol. The van der Waals surface area contributed by atoms with Gasteiger partial charge in [-0.2, -0.15) is 23.3 Å². The Morgan fingerprint density at radius 3 is 2.60 bits per heavy atom. The smallest absolute Gasteiger partial charge is 0.435 e. The first-order valence-electron chi connectivity index (χ1n) is 8.49. The minimum absolute atomic E-state index is 0.0399. The molecule has 0 radical (unpaired) electrons. The van der Waals surface area contributed by atoms with E-state index in [1.807, 2.05) is 0 Å². The Morgan fingerprint density at radius 1 is 1.30 bits per heavy atom. The first-order valence-corrected chi connectivity index (χ1v) is 8.87. The molecule has 2 aromatic heterocycles. The van der Waals surface area contributed by atoms with Gasteiger partial charge in [-0.15, -0.1) is 0 Å². The highest BCUT2D eigenvalue weighted by Crippen LogP contribution is 2.32. The molecular weight excluding hydrogens is 429 g/mol. The summed E-state index contributed by atoms with van der Waals surface area (Å²) in [4.78, 5) is 17.8. The van der Waals surface area contributed by atoms with Crippen molar-refractivity contribution in [2.24, 2.45) is 0 Å². The van der Waals surface area contributed by atoms with E-state index < -0.39 is 16.8 Å². The van der Waals surface area contributed by atoms with Crippen LogP contribution in [0.2, 0.25) is 5.28 Å². The zero-order chi connectivity index (χ0) is 21.9. The number of nitro groups is 1. The second kappa shape index (κ2) is 8.53. The van der Waals surface area contributed by atoms with Crippen molar-refractivity contribution in [2.45, 2.75) is 19.6 Å². The molecule has 1 N–H and O–H groups in total. The molecule has 158 valence electrons. The normalized spacial score (nSPS) is 11.4. The number of nitrogens with one attached hydrogen (secondary N) is 1. The topological polar surface area (TPSA) is 108 Å². The summed E-state index contributed by atoms with van der Waals surface area (Å²) in [7, 11) is 0. The van der Waals surface area contributed by atoms with Crippen molar-refractivity contribution in [3.8, 4) is 11.6 Å². The summed E-state index contributed by atoms with van der Waals surface area (Å²) in [5, 5.41) is 17.3. The highest BCUT2D eigenvalue weighted by molar-refractivity contribution is 6.28. The molecule has 3 aromatic rings. The van der Waals surface area contributed by atoms with E-state index in [9.17, 15) is 23.3 Å². The van der Waals surface area contributed by atoms with Gasteiger partial charge < -0.3 is 10.1 Å². The second-order valence-corrected chi connectivity index (χ2v) is 6.20. The van der Waals surface area contributed by atoms with Crippen molar-refractivity contribution < 1.29 is 22.8 Å². The van der Waals surface area contributed by atoms with Gasteiger partial charge in [-0.3, -0.25) is 10.1 Å². The molecule has 30 heavy (non-hydrogen) atoms. The van der Waals surface area contributed by atoms with Gasteiger partial charge in [0.2, 0.25) is 17.0 Å². The molecule has 0 aliphatic carbocycles. The standard InChI is InChI=1S/C17H14ClF3N6O3/c1-2-30-14-7-13(17(19,20)21)25-26(14)11-5-3-10(4-6-11)8-22-15-12(27(28)29)9-23-16(18)24-15/h3-7,9H,2,8H2,1H3,(H,22,23,24). The van der Waals surface area contributed by atoms with Crippen molar-refractivity contribution in [1.29, 1.82) is 0 Å². The number of benzene rings is 1. The number of hydrogen-bond acceptors (Lipinski definition) is 7. The molecule has 0 unspecified atom stereocenters. The maximum atomic E-state index is 13.0. The molecule has 2 heterocycles. The van der Waals surface area contributed by atoms with Crippen LogP contribution >= 0.6 is 11.6 Å². The number of anilines is 1. The predicted molar refractivity (Wildman–Crippen MR) is 101 cm³/mol. The molecule has 13 heteroatoms. The molecule has 3 rings (SSSR count). The van der Waals surface area contributed by atoms with Gasteiger partial charge in [0.05, 0.1) is 17.2 Å². The van der Waals surface area contributed by atoms with E-state index in [0.717, 1.165) is 16.9 Å². The molecule has 9 nitrogen and oxygen atoms in total. The number of alkyl halides is 3. The molecule has 0 aliphatic rings. The van der Waals surface area contributed by atoms with E-state index in [2.05, 4.69) is 20.4 Å². The van der Waals surface area contributed by atoms with E-state index in [1.165, 1.54) is 0 Å². The molecule has 0 amide bonds. The van der Waals surface area contributed by atoms with E-state index in [4.69, 9.17) is 16.3 Å². The summed E-state index contributed by atoms with van der Waals surface area (Å²) in [6.07, 6.45) is -3.61. The molecule has 0 spiro atoms. The highest BCUT2D eigenvalue weighted by atomic mass is 35.5. The third-order valence-electron chi connectivity index (χ3n) is 3.84. The van der Waals surface area contributed by atoms with Gasteiger partial charge in [0.25, 0.3) is 0 Å². The molecule has 0 bridgehead atoms. The Morgan fingerprint density at radius 2 is 2.00 bits per heavy atom. The van der Waals surface area contributed by atoms with Gasteiger partial charge in [-0.1, -0.05) is 12.1 Å². The van der Waals surface area contributed by atoms with E-state index >= 15 is 0 Å². The third kappa shape index (κ3) is 4.76. The van der Waals surface area contributed by atoms with Crippen molar-refractivity contribution in [3.05, 3.63) is 63.2 Å². The summed E-state index contributed by atoms with van der Waals surface area (Å²) in [5.74, 6) is -0.0912. The fourth-order valence-electron chi connectivity index (χ4n) is 2.50. The molecule has 0 atom stereocenters. The fourth-order valence-corrected chi connectivity index (χ4v) is 2.63. The van der Waals surface area contributed by atoms with Gasteiger partial charge in [0.15, 0.2) is 5.69 Å². The van der Waals surface area contributed by atoms with Crippen LogP contribution in [-0.2, 0) is 12.7 Å². The lowest BCUT2D eigenvalue weighted by Gasteiger charge is -2.09. The number of halogens is 4. The summed E-state index contributed by atoms with van der Waals surface area (Å²) >= 11 is 5.68. The Labute approximate surface area is 172 Å². The van der Waals surface area contributed by atoms with Crippen LogP contribution in [0.25, 0.3) is 5.69 Å². The van der Waals surface area contributed by atoms with Crippen molar-refractivity contribution in [1.82, 2.24) is 19.7 Å². The highest BCUT2D eigenvalue weighted by Gasteiger charge is 2.35. The van der Waals surface area contributed by atoms with Crippen LogP contribution < -0.4 is 10.1 Å². The minimum atomic E-state index is -4.60. The zero-order valence-corrected chi connectivity index (χ0v) is 16.1. The lowest BCUT2D eigenvalue weighted by atomic mass is 10.2. The Balaban J connectivity index is 1.80. The van der Waals surface area contributed by atoms with Crippen LogP contribution in [0.5, 0.6) is 5.88 Å². The Hall–Kier alpha value is -3.41. The van der Waals surface area contributed by atoms with Gasteiger partial charge >= 0.3 is 11.9 Å². The van der Waals surface area contributed by atoms with Crippen LogP contribution in [0, 0.1) is 10.1 Å². The summed E-state index contributed by atoms with van der Waals surface area (Å²) in [6.45, 7) is 1.98. The Bertz CT molecular complexity index is 1060. The quantitative estimate of drug-likeness (QED) is 0.331. The zero-order valence-electron chi connectivity index (χ0n) is 15.4. The minimum Gasteiger partial charge on any atom is -0.478 e. The van der Waals surface area contributed by atoms with Gasteiger partial charge in [0.1, 0.15) is 6.20 Å². The Kier molecular flexibility index (Phi) is 6.06. The van der Waals surface area contributed by atoms with Crippen molar-refractivity contribution >= 4 is 23.1 Å². The summed E-state index contributed by atoms with van der Waals surface area (Å²) < 4.78 is 45.2. The number of aromatic nitrogens is 4. The summed E-state index contributed by atoms with van der Waals surface area (Å²) in [6, 6.07) is 7.18. The molecule has 0 fully saturated rings. The van der Waals surface area contributed by atoms with Crippen LogP contribution in [0.4, 0.5) is 24.7 Å². The first kappa shape index (κ1) is 21.3. The molecule has 0 saturated carbocycles. The number of ether oxygens (including phenoxy) is 1. The largest absolute Gasteiger partial charge is 0.478 e. The predicted octanol–water partition coefficient (Wildman–Crippen LogP) is 4.25. The number of hydrogen-bond donors (Lipinski definition) is 1. The van der Waals surface area contributed by atoms with E-state index in [-0.39, 0.29) is 35.8 Å². The van der Waals surface area contributed by atoms with Gasteiger partial charge in [-0.05, 0) is 36.2 Å². The van der Waals surface area contributed by atoms with Crippen LogP contribution in [0.1, 0.15) is 18.2 Å². The van der Waals surface area contributed by atoms with Crippen molar-refractivity contribution in [3.63, 3.8) is 0 Å². The lowest BCUT2D eigenvalue weighted by Crippen LogP contribution is -2.08. The molecule has 0 saturated heterocycles. The maximum absolute atomic E-state index is 13.0. The van der Waals surface area contributed by atoms with Gasteiger partial charge in [0, 0.05) is 12.6 Å². The lowest BCUT2D eigenvalue weighted by molar-refractivity contribution is -0.384. The monoisotopic (exact) mass is 442 g/mol. The fraction of sp³-hybridized carbons (Fsp3) is 0.235. The molecule has 1 aromatic carbocycles. The van der Waals surface area contributed by atoms with Crippen LogP contribution in [0.3, 0.4) is 0 Å². The molecule has 0 aliphatic heterocycles. The number of rotatable bonds is 7. The molecular formula is C17H14ClF3N6O3. The van der Waals surface area contributed by atoms with E-state index in [0.29, 0.717) is 11.3 Å². The van der Waals surface area contributed by atoms with E-state index in [1.54, 1.807) is 31.2 Å². The van der Waals surface area contributed by atoms with Crippen LogP contribution in [-0.4, -0.2) is 31.3 Å². The van der Waals surface area contributed by atoms with Crippen LogP contribution in [0.15, 0.2) is 36.5 Å². The maximum Gasteiger partial charge on any atom is 0.435 e. The van der Waals surface area contributed by atoms with Crippen molar-refractivity contribution in [2.75, 3.05) is 11.9 Å².